The van der Waals surface area contributed by atoms with E-state index in [1.807, 2.05) is 0 Å². The zero-order valence-corrected chi connectivity index (χ0v) is 12.9. The van der Waals surface area contributed by atoms with Gasteiger partial charge in [-0.1, -0.05) is 6.92 Å². The first-order chi connectivity index (χ1) is 9.15. The Balaban J connectivity index is 2.18. The Hall–Kier alpha value is -0.810. The largest absolute Gasteiger partial charge is 0.383 e. The molecule has 1 fully saturated rings. The number of methoxy groups -OCH3 is 1. The molecule has 5 nitrogen and oxygen atoms in total. The molecular weight excluding hydrogens is 240 g/mol. The van der Waals surface area contributed by atoms with Crippen LogP contribution < -0.4 is 10.6 Å². The highest BCUT2D eigenvalue weighted by Crippen LogP contribution is 2.14. The molecule has 112 valence electrons. The van der Waals surface area contributed by atoms with Crippen molar-refractivity contribution in [2.24, 2.45) is 10.9 Å². The number of rotatable bonds is 6. The van der Waals surface area contributed by atoms with Crippen LogP contribution in [0.4, 0.5) is 0 Å². The predicted octanol–water partition coefficient (Wildman–Crippen LogP) is 0.918. The van der Waals surface area contributed by atoms with E-state index in [4.69, 9.17) is 4.74 Å². The summed E-state index contributed by atoms with van der Waals surface area (Å²) in [7, 11) is 3.52. The van der Waals surface area contributed by atoms with Gasteiger partial charge in [-0.2, -0.15) is 0 Å². The third-order valence-electron chi connectivity index (χ3n) is 3.49. The van der Waals surface area contributed by atoms with Gasteiger partial charge in [0.2, 0.25) is 0 Å². The quantitative estimate of drug-likeness (QED) is 0.556. The van der Waals surface area contributed by atoms with Crippen molar-refractivity contribution >= 4 is 5.96 Å². The van der Waals surface area contributed by atoms with E-state index in [1.165, 1.54) is 25.9 Å². The molecule has 1 heterocycles. The fourth-order valence-electron chi connectivity index (χ4n) is 2.54. The SMILES string of the molecule is CN=C(NCCN1CCCC(C)C1)NC(C)COC. The van der Waals surface area contributed by atoms with Crippen molar-refractivity contribution in [2.45, 2.75) is 32.7 Å². The van der Waals surface area contributed by atoms with Crippen molar-refractivity contribution in [3.05, 3.63) is 0 Å². The molecule has 0 aliphatic carbocycles. The number of nitrogens with zero attached hydrogens (tertiary/aromatic N) is 2. The van der Waals surface area contributed by atoms with E-state index in [-0.39, 0.29) is 6.04 Å². The molecule has 19 heavy (non-hydrogen) atoms. The van der Waals surface area contributed by atoms with E-state index in [0.29, 0.717) is 6.61 Å². The van der Waals surface area contributed by atoms with Gasteiger partial charge in [-0.3, -0.25) is 4.99 Å². The van der Waals surface area contributed by atoms with Crippen molar-refractivity contribution in [1.82, 2.24) is 15.5 Å². The summed E-state index contributed by atoms with van der Waals surface area (Å²) in [5.74, 6) is 1.70. The third-order valence-corrected chi connectivity index (χ3v) is 3.49. The number of guanidine groups is 1. The number of nitrogens with one attached hydrogen (secondary N) is 2. The average Bonchev–Trinajstić information content (AvgIpc) is 2.38. The van der Waals surface area contributed by atoms with E-state index in [2.05, 4.69) is 34.4 Å². The van der Waals surface area contributed by atoms with Crippen molar-refractivity contribution in [2.75, 3.05) is 46.9 Å². The molecule has 0 spiro atoms. The first-order valence-corrected chi connectivity index (χ1v) is 7.34. The van der Waals surface area contributed by atoms with E-state index in [0.717, 1.165) is 25.0 Å². The topological polar surface area (TPSA) is 48.9 Å². The van der Waals surface area contributed by atoms with Gasteiger partial charge in [-0.15, -0.1) is 0 Å². The van der Waals surface area contributed by atoms with Gasteiger partial charge in [0.25, 0.3) is 0 Å². The highest BCUT2D eigenvalue weighted by atomic mass is 16.5. The molecule has 0 radical (unpaired) electrons. The van der Waals surface area contributed by atoms with Crippen molar-refractivity contribution in [3.63, 3.8) is 0 Å². The summed E-state index contributed by atoms with van der Waals surface area (Å²) in [5, 5.41) is 6.67. The third kappa shape index (κ3) is 6.78. The minimum absolute atomic E-state index is 0.270. The van der Waals surface area contributed by atoms with Crippen LogP contribution in [0.15, 0.2) is 4.99 Å². The molecule has 5 heteroatoms. The lowest BCUT2D eigenvalue weighted by molar-refractivity contribution is 0.178. The molecule has 1 aliphatic rings. The predicted molar refractivity (Wildman–Crippen MR) is 80.7 cm³/mol. The van der Waals surface area contributed by atoms with Crippen LogP contribution >= 0.6 is 0 Å². The maximum Gasteiger partial charge on any atom is 0.191 e. The Morgan fingerprint density at radius 3 is 2.95 bits per heavy atom. The number of likely N-dealkylation sites (tertiary alicyclic amines) is 1. The average molecular weight is 270 g/mol. The molecule has 0 amide bonds. The van der Waals surface area contributed by atoms with E-state index >= 15 is 0 Å². The Morgan fingerprint density at radius 1 is 1.53 bits per heavy atom. The van der Waals surface area contributed by atoms with Gasteiger partial charge in [0.1, 0.15) is 0 Å². The lowest BCUT2D eigenvalue weighted by Crippen LogP contribution is -2.47. The fraction of sp³-hybridized carbons (Fsp3) is 0.929. The number of piperidine rings is 1. The van der Waals surface area contributed by atoms with Crippen LogP contribution in [0.5, 0.6) is 0 Å². The molecule has 0 aromatic rings. The highest BCUT2D eigenvalue weighted by molar-refractivity contribution is 5.79. The summed E-state index contributed by atoms with van der Waals surface area (Å²) in [6.07, 6.45) is 2.71. The van der Waals surface area contributed by atoms with Crippen molar-refractivity contribution in [3.8, 4) is 0 Å². The maximum absolute atomic E-state index is 5.11. The molecule has 2 atom stereocenters. The lowest BCUT2D eigenvalue weighted by atomic mass is 10.0. The number of aliphatic imine (C=N–C) groups is 1. The smallest absolute Gasteiger partial charge is 0.191 e. The summed E-state index contributed by atoms with van der Waals surface area (Å²) in [6, 6.07) is 0.270. The molecule has 0 bridgehead atoms. The second kappa shape index (κ2) is 9.15. The summed E-state index contributed by atoms with van der Waals surface area (Å²) in [6.45, 7) is 9.60. The van der Waals surface area contributed by atoms with E-state index < -0.39 is 0 Å². The second-order valence-electron chi connectivity index (χ2n) is 5.55. The monoisotopic (exact) mass is 270 g/mol. The van der Waals surface area contributed by atoms with Crippen LogP contribution in [-0.4, -0.2) is 63.8 Å². The number of hydrogen-bond donors (Lipinski definition) is 2. The van der Waals surface area contributed by atoms with Crippen LogP contribution in [0.1, 0.15) is 26.7 Å². The van der Waals surface area contributed by atoms with Gasteiger partial charge in [-0.05, 0) is 32.2 Å². The van der Waals surface area contributed by atoms with Crippen molar-refractivity contribution in [1.29, 1.82) is 0 Å². The van der Waals surface area contributed by atoms with Gasteiger partial charge in [-0.25, -0.2) is 0 Å². The van der Waals surface area contributed by atoms with Crippen LogP contribution in [0, 0.1) is 5.92 Å². The Kier molecular flexibility index (Phi) is 7.82. The maximum atomic E-state index is 5.11. The van der Waals surface area contributed by atoms with E-state index in [1.54, 1.807) is 14.2 Å². The minimum atomic E-state index is 0.270. The minimum Gasteiger partial charge on any atom is -0.383 e. The molecule has 0 aromatic heterocycles. The van der Waals surface area contributed by atoms with Gasteiger partial charge < -0.3 is 20.3 Å². The van der Waals surface area contributed by atoms with Gasteiger partial charge in [0, 0.05) is 39.8 Å². The van der Waals surface area contributed by atoms with Gasteiger partial charge >= 0.3 is 0 Å². The highest BCUT2D eigenvalue weighted by Gasteiger charge is 2.15. The lowest BCUT2D eigenvalue weighted by Gasteiger charge is -2.31. The first-order valence-electron chi connectivity index (χ1n) is 7.34. The molecular formula is C14H30N4O. The molecule has 2 N–H and O–H groups in total. The Bertz CT molecular complexity index is 270. The van der Waals surface area contributed by atoms with Crippen LogP contribution in [0.25, 0.3) is 0 Å². The van der Waals surface area contributed by atoms with Gasteiger partial charge in [0.05, 0.1) is 6.61 Å². The standard InChI is InChI=1S/C14H30N4O/c1-12-6-5-8-18(10-12)9-7-16-14(15-3)17-13(2)11-19-4/h12-13H,5-11H2,1-4H3,(H2,15,16,17). The first kappa shape index (κ1) is 16.2. The molecule has 1 rings (SSSR count). The normalized spacial score (nSPS) is 23.2. The molecule has 1 saturated heterocycles. The zero-order valence-electron chi connectivity index (χ0n) is 12.9. The summed E-state index contributed by atoms with van der Waals surface area (Å²) in [4.78, 5) is 6.76. The van der Waals surface area contributed by atoms with E-state index in [9.17, 15) is 0 Å². The Labute approximate surface area is 117 Å². The molecule has 2 unspecified atom stereocenters. The van der Waals surface area contributed by atoms with Gasteiger partial charge in [0.15, 0.2) is 5.96 Å². The molecule has 0 saturated carbocycles. The molecule has 1 aliphatic heterocycles. The van der Waals surface area contributed by atoms with Crippen molar-refractivity contribution < 1.29 is 4.74 Å². The van der Waals surface area contributed by atoms with Crippen LogP contribution in [0.2, 0.25) is 0 Å². The number of hydrogen-bond acceptors (Lipinski definition) is 3. The number of ether oxygens (including phenoxy) is 1. The van der Waals surface area contributed by atoms with Crippen LogP contribution in [-0.2, 0) is 4.74 Å². The fourth-order valence-corrected chi connectivity index (χ4v) is 2.54. The second-order valence-corrected chi connectivity index (χ2v) is 5.55. The summed E-state index contributed by atoms with van der Waals surface area (Å²) >= 11 is 0. The summed E-state index contributed by atoms with van der Waals surface area (Å²) in [5.41, 5.74) is 0. The van der Waals surface area contributed by atoms with Crippen LogP contribution in [0.3, 0.4) is 0 Å². The Morgan fingerprint density at radius 2 is 2.32 bits per heavy atom. The molecule has 0 aromatic carbocycles. The zero-order chi connectivity index (χ0) is 14.1. The summed E-state index contributed by atoms with van der Waals surface area (Å²) < 4.78 is 5.11.